The van der Waals surface area contributed by atoms with Gasteiger partial charge in [0.25, 0.3) is 5.89 Å². The molecular weight excluding hydrogens is 328 g/mol. The molecule has 4 aromatic rings. The summed E-state index contributed by atoms with van der Waals surface area (Å²) in [5.74, 6) is 2.22. The Morgan fingerprint density at radius 2 is 1.71 bits per heavy atom. The van der Waals surface area contributed by atoms with E-state index in [-0.39, 0.29) is 5.89 Å². The summed E-state index contributed by atoms with van der Waals surface area (Å²) in [7, 11) is 0. The molecule has 1 N–H and O–H groups in total. The predicted molar refractivity (Wildman–Crippen MR) is 88.8 cm³/mol. The molecular formula is C17H11ClN4O2. The molecule has 0 saturated carbocycles. The first-order chi connectivity index (χ1) is 11.8. The molecule has 0 fully saturated rings. The van der Waals surface area contributed by atoms with E-state index < -0.39 is 0 Å². The minimum atomic E-state index is 0.265. The fourth-order valence-corrected chi connectivity index (χ4v) is 2.33. The maximum Gasteiger partial charge on any atom is 0.280 e. The van der Waals surface area contributed by atoms with Gasteiger partial charge < -0.3 is 9.26 Å². The summed E-state index contributed by atoms with van der Waals surface area (Å²) in [6.07, 6.45) is 1.55. The first kappa shape index (κ1) is 14.5. The number of aromatic amines is 1. The maximum absolute atomic E-state index is 5.99. The topological polar surface area (TPSA) is 76.8 Å². The minimum Gasteiger partial charge on any atom is -0.457 e. The van der Waals surface area contributed by atoms with E-state index in [9.17, 15) is 0 Å². The average molecular weight is 339 g/mol. The van der Waals surface area contributed by atoms with Crippen LogP contribution in [0, 0.1) is 0 Å². The molecule has 0 aliphatic carbocycles. The molecule has 0 bridgehead atoms. The van der Waals surface area contributed by atoms with Crippen molar-refractivity contribution in [2.24, 2.45) is 0 Å². The Morgan fingerprint density at radius 3 is 2.42 bits per heavy atom. The number of ether oxygens (including phenoxy) is 1. The molecule has 4 rings (SSSR count). The lowest BCUT2D eigenvalue weighted by Crippen LogP contribution is -1.85. The normalized spacial score (nSPS) is 10.7. The van der Waals surface area contributed by atoms with Crippen LogP contribution in [-0.2, 0) is 0 Å². The average Bonchev–Trinajstić information content (AvgIpc) is 3.25. The van der Waals surface area contributed by atoms with Crippen molar-refractivity contribution in [2.45, 2.75) is 0 Å². The lowest BCUT2D eigenvalue weighted by Gasteiger charge is -2.05. The molecule has 6 nitrogen and oxygen atoms in total. The molecule has 0 aliphatic rings. The summed E-state index contributed by atoms with van der Waals surface area (Å²) < 4.78 is 11.0. The quantitative estimate of drug-likeness (QED) is 0.589. The van der Waals surface area contributed by atoms with E-state index in [1.165, 1.54) is 0 Å². The summed E-state index contributed by atoms with van der Waals surface area (Å²) >= 11 is 5.99. The maximum atomic E-state index is 5.99. The number of nitrogens with one attached hydrogen (secondary N) is 1. The van der Waals surface area contributed by atoms with Crippen molar-refractivity contribution < 1.29 is 9.26 Å². The van der Waals surface area contributed by atoms with Crippen LogP contribution in [0.25, 0.3) is 23.0 Å². The van der Waals surface area contributed by atoms with Gasteiger partial charge in [0.15, 0.2) is 5.69 Å². The number of rotatable bonds is 4. The highest BCUT2D eigenvalue weighted by Gasteiger charge is 2.15. The Hall–Kier alpha value is -3.12. The van der Waals surface area contributed by atoms with E-state index in [4.69, 9.17) is 20.9 Å². The lowest BCUT2D eigenvalue weighted by atomic mass is 10.2. The van der Waals surface area contributed by atoms with E-state index in [0.29, 0.717) is 16.5 Å². The second-order valence-electron chi connectivity index (χ2n) is 4.94. The molecule has 0 amide bonds. The third-order valence-corrected chi connectivity index (χ3v) is 3.60. The van der Waals surface area contributed by atoms with E-state index in [0.717, 1.165) is 17.1 Å². The number of hydrogen-bond acceptors (Lipinski definition) is 5. The largest absolute Gasteiger partial charge is 0.457 e. The Kier molecular flexibility index (Phi) is 3.72. The summed E-state index contributed by atoms with van der Waals surface area (Å²) in [6, 6.07) is 17.0. The van der Waals surface area contributed by atoms with Crippen molar-refractivity contribution in [3.8, 4) is 34.5 Å². The van der Waals surface area contributed by atoms with E-state index >= 15 is 0 Å². The Balaban J connectivity index is 1.55. The van der Waals surface area contributed by atoms with E-state index in [1.807, 2.05) is 54.6 Å². The van der Waals surface area contributed by atoms with Gasteiger partial charge in [-0.2, -0.15) is 10.1 Å². The van der Waals surface area contributed by atoms with Crippen molar-refractivity contribution in [1.82, 2.24) is 20.3 Å². The summed E-state index contributed by atoms with van der Waals surface area (Å²) in [6.45, 7) is 0. The highest BCUT2D eigenvalue weighted by Crippen LogP contribution is 2.27. The second kappa shape index (κ2) is 6.17. The van der Waals surface area contributed by atoms with Crippen LogP contribution in [0.5, 0.6) is 11.5 Å². The molecule has 0 atom stereocenters. The van der Waals surface area contributed by atoms with Gasteiger partial charge in [0, 0.05) is 11.8 Å². The third kappa shape index (κ3) is 2.87. The molecule has 0 aliphatic heterocycles. The molecule has 0 saturated heterocycles. The number of H-pyrrole nitrogens is 1. The third-order valence-electron chi connectivity index (χ3n) is 3.31. The fourth-order valence-electron chi connectivity index (χ4n) is 2.16. The van der Waals surface area contributed by atoms with Gasteiger partial charge in [0.1, 0.15) is 11.5 Å². The summed E-state index contributed by atoms with van der Waals surface area (Å²) in [4.78, 5) is 4.31. The van der Waals surface area contributed by atoms with Gasteiger partial charge in [-0.1, -0.05) is 35.0 Å². The highest BCUT2D eigenvalue weighted by molar-refractivity contribution is 6.32. The summed E-state index contributed by atoms with van der Waals surface area (Å²) in [5, 5.41) is 11.0. The molecule has 7 heteroatoms. The van der Waals surface area contributed by atoms with Crippen molar-refractivity contribution >= 4 is 11.6 Å². The molecule has 2 aromatic carbocycles. The van der Waals surface area contributed by atoms with Crippen LogP contribution in [0.2, 0.25) is 5.02 Å². The molecule has 24 heavy (non-hydrogen) atoms. The smallest absolute Gasteiger partial charge is 0.280 e. The predicted octanol–water partition coefficient (Wildman–Crippen LogP) is 4.57. The monoisotopic (exact) mass is 338 g/mol. The number of nitrogens with zero attached hydrogens (tertiary/aromatic N) is 3. The van der Waals surface area contributed by atoms with Crippen LogP contribution in [0.3, 0.4) is 0 Å². The zero-order valence-corrected chi connectivity index (χ0v) is 13.1. The van der Waals surface area contributed by atoms with Crippen molar-refractivity contribution in [3.05, 3.63) is 65.8 Å². The van der Waals surface area contributed by atoms with Crippen LogP contribution < -0.4 is 4.74 Å². The SMILES string of the molecule is Clc1c[nH]nc1-c1nc(-c2ccc(Oc3ccccc3)cc2)no1. The van der Waals surface area contributed by atoms with Gasteiger partial charge in [-0.15, -0.1) is 0 Å². The van der Waals surface area contributed by atoms with Gasteiger partial charge in [0.2, 0.25) is 5.82 Å². The Bertz CT molecular complexity index is 948. The van der Waals surface area contributed by atoms with Crippen LogP contribution in [0.4, 0.5) is 0 Å². The van der Waals surface area contributed by atoms with Gasteiger partial charge in [-0.3, -0.25) is 5.10 Å². The number of hydrogen-bond donors (Lipinski definition) is 1. The van der Waals surface area contributed by atoms with Crippen LogP contribution in [0.1, 0.15) is 0 Å². The Morgan fingerprint density at radius 1 is 0.958 bits per heavy atom. The molecule has 0 unspecified atom stereocenters. The highest BCUT2D eigenvalue weighted by atomic mass is 35.5. The molecule has 0 spiro atoms. The number of benzene rings is 2. The fraction of sp³-hybridized carbons (Fsp3) is 0. The molecule has 118 valence electrons. The van der Waals surface area contributed by atoms with Crippen molar-refractivity contribution in [2.75, 3.05) is 0 Å². The number of halogens is 1. The molecule has 2 heterocycles. The van der Waals surface area contributed by atoms with Crippen molar-refractivity contribution in [3.63, 3.8) is 0 Å². The number of para-hydroxylation sites is 1. The van der Waals surface area contributed by atoms with Gasteiger partial charge in [-0.05, 0) is 36.4 Å². The lowest BCUT2D eigenvalue weighted by molar-refractivity contribution is 0.431. The minimum absolute atomic E-state index is 0.265. The second-order valence-corrected chi connectivity index (χ2v) is 5.35. The van der Waals surface area contributed by atoms with Gasteiger partial charge in [-0.25, -0.2) is 0 Å². The standard InChI is InChI=1S/C17H11ClN4O2/c18-14-10-19-21-15(14)17-20-16(22-24-17)11-6-8-13(9-7-11)23-12-4-2-1-3-5-12/h1-10H,(H,19,21). The number of aromatic nitrogens is 4. The zero-order chi connectivity index (χ0) is 16.4. The van der Waals surface area contributed by atoms with Crippen molar-refractivity contribution in [1.29, 1.82) is 0 Å². The first-order valence-corrected chi connectivity index (χ1v) is 7.54. The summed E-state index contributed by atoms with van der Waals surface area (Å²) in [5.41, 5.74) is 1.23. The van der Waals surface area contributed by atoms with Crippen LogP contribution in [0.15, 0.2) is 65.3 Å². The Labute approximate surface area is 142 Å². The first-order valence-electron chi connectivity index (χ1n) is 7.16. The molecule has 2 aromatic heterocycles. The van der Waals surface area contributed by atoms with Crippen LogP contribution >= 0.6 is 11.6 Å². The van der Waals surface area contributed by atoms with E-state index in [2.05, 4.69) is 20.3 Å². The van der Waals surface area contributed by atoms with Gasteiger partial charge >= 0.3 is 0 Å². The zero-order valence-electron chi connectivity index (χ0n) is 12.3. The van der Waals surface area contributed by atoms with Crippen LogP contribution in [-0.4, -0.2) is 20.3 Å². The van der Waals surface area contributed by atoms with E-state index in [1.54, 1.807) is 6.20 Å². The van der Waals surface area contributed by atoms with Gasteiger partial charge in [0.05, 0.1) is 5.02 Å². The molecule has 0 radical (unpaired) electrons.